The molecule has 0 spiro atoms. The number of rotatable bonds is 5. The average molecular weight is 304 g/mol. The molecule has 3 atom stereocenters. The summed E-state index contributed by atoms with van der Waals surface area (Å²) in [5.41, 5.74) is 0.579. The maximum atomic E-state index is 12.2. The summed E-state index contributed by atoms with van der Waals surface area (Å²) in [5.74, 6) is 0.378. The molecule has 0 aliphatic carbocycles. The van der Waals surface area contributed by atoms with Crippen LogP contribution < -0.4 is 15.4 Å². The third kappa shape index (κ3) is 4.31. The Hall–Kier alpha value is -1.88. The van der Waals surface area contributed by atoms with Crippen LogP contribution in [0.1, 0.15) is 44.0 Å². The van der Waals surface area contributed by atoms with Gasteiger partial charge in [-0.1, -0.05) is 12.1 Å². The second kappa shape index (κ2) is 7.40. The number of benzene rings is 1. The van der Waals surface area contributed by atoms with Crippen molar-refractivity contribution in [3.05, 3.63) is 29.8 Å². The lowest BCUT2D eigenvalue weighted by atomic mass is 10.00. The van der Waals surface area contributed by atoms with Crippen LogP contribution in [0.2, 0.25) is 0 Å². The summed E-state index contributed by atoms with van der Waals surface area (Å²) in [6.45, 7) is 6.30. The van der Waals surface area contributed by atoms with Crippen molar-refractivity contribution in [2.75, 3.05) is 6.54 Å². The number of hydrogen-bond acceptors (Lipinski definition) is 4. The Kier molecular flexibility index (Phi) is 5.55. The lowest BCUT2D eigenvalue weighted by Crippen LogP contribution is -2.54. The monoisotopic (exact) mass is 304 g/mol. The summed E-state index contributed by atoms with van der Waals surface area (Å²) < 4.78 is 5.66. The predicted molar refractivity (Wildman–Crippen MR) is 85.2 cm³/mol. The van der Waals surface area contributed by atoms with Crippen molar-refractivity contribution >= 4 is 11.7 Å². The molecular formula is C17H24N2O3. The van der Waals surface area contributed by atoms with Crippen LogP contribution in [0.3, 0.4) is 0 Å². The number of carbonyl (C=O) groups excluding carboxylic acids is 2. The minimum absolute atomic E-state index is 0.0235. The van der Waals surface area contributed by atoms with Gasteiger partial charge in [0.2, 0.25) is 0 Å². The highest BCUT2D eigenvalue weighted by Gasteiger charge is 2.25. The molecule has 5 heteroatoms. The molecule has 1 aliphatic rings. The number of hydrogen-bond donors (Lipinski definition) is 2. The van der Waals surface area contributed by atoms with Gasteiger partial charge in [-0.15, -0.1) is 0 Å². The summed E-state index contributed by atoms with van der Waals surface area (Å²) in [4.78, 5) is 23.6. The zero-order valence-corrected chi connectivity index (χ0v) is 13.4. The molecule has 0 saturated carbocycles. The van der Waals surface area contributed by atoms with Crippen LogP contribution in [0.25, 0.3) is 0 Å². The van der Waals surface area contributed by atoms with E-state index in [2.05, 4.69) is 17.6 Å². The van der Waals surface area contributed by atoms with Crippen molar-refractivity contribution in [3.8, 4) is 5.75 Å². The van der Waals surface area contributed by atoms with Gasteiger partial charge in [-0.05, 0) is 52.3 Å². The van der Waals surface area contributed by atoms with Gasteiger partial charge in [0.1, 0.15) is 5.75 Å². The van der Waals surface area contributed by atoms with Gasteiger partial charge < -0.3 is 15.4 Å². The van der Waals surface area contributed by atoms with Gasteiger partial charge >= 0.3 is 0 Å². The molecule has 1 aromatic carbocycles. The van der Waals surface area contributed by atoms with Crippen molar-refractivity contribution in [1.29, 1.82) is 0 Å². The highest BCUT2D eigenvalue weighted by Crippen LogP contribution is 2.16. The maximum Gasteiger partial charge on any atom is 0.261 e. The van der Waals surface area contributed by atoms with Crippen LogP contribution in [0.4, 0.5) is 0 Å². The number of carbonyl (C=O) groups is 2. The second-order valence-electron chi connectivity index (χ2n) is 5.84. The maximum absolute atomic E-state index is 12.2. The third-order valence-electron chi connectivity index (χ3n) is 4.01. The number of nitrogens with one attached hydrogen (secondary N) is 2. The molecule has 1 saturated heterocycles. The van der Waals surface area contributed by atoms with Crippen molar-refractivity contribution in [3.63, 3.8) is 0 Å². The van der Waals surface area contributed by atoms with Crippen molar-refractivity contribution in [2.45, 2.75) is 51.8 Å². The highest BCUT2D eigenvalue weighted by molar-refractivity contribution is 5.94. The number of Topliss-reactive ketones (excluding diaryl/α,β-unsaturated/α-hetero) is 1. The SMILES string of the molecule is CC(=O)c1cccc(OC(C)C(=O)NC2CCCNC2C)c1. The minimum Gasteiger partial charge on any atom is -0.481 e. The van der Waals surface area contributed by atoms with Gasteiger partial charge in [0, 0.05) is 17.6 Å². The summed E-state index contributed by atoms with van der Waals surface area (Å²) in [6, 6.07) is 7.30. The van der Waals surface area contributed by atoms with E-state index in [4.69, 9.17) is 4.74 Å². The van der Waals surface area contributed by atoms with Crippen LogP contribution in [-0.4, -0.2) is 36.4 Å². The zero-order valence-electron chi connectivity index (χ0n) is 13.4. The molecule has 0 aromatic heterocycles. The molecule has 1 aliphatic heterocycles. The smallest absolute Gasteiger partial charge is 0.261 e. The van der Waals surface area contributed by atoms with Crippen molar-refractivity contribution < 1.29 is 14.3 Å². The molecule has 1 amide bonds. The lowest BCUT2D eigenvalue weighted by molar-refractivity contribution is -0.128. The third-order valence-corrected chi connectivity index (χ3v) is 4.01. The molecule has 0 radical (unpaired) electrons. The van der Waals surface area contributed by atoms with Crippen LogP contribution in [-0.2, 0) is 4.79 Å². The van der Waals surface area contributed by atoms with Gasteiger partial charge in [-0.2, -0.15) is 0 Å². The van der Waals surface area contributed by atoms with Crippen LogP contribution in [0.5, 0.6) is 5.75 Å². The van der Waals surface area contributed by atoms with E-state index in [1.54, 1.807) is 31.2 Å². The first-order chi connectivity index (χ1) is 10.5. The molecule has 0 bridgehead atoms. The molecule has 5 nitrogen and oxygen atoms in total. The fourth-order valence-corrected chi connectivity index (χ4v) is 2.59. The van der Waals surface area contributed by atoms with E-state index in [9.17, 15) is 9.59 Å². The predicted octanol–water partition coefficient (Wildman–Crippen LogP) is 1.91. The van der Waals surface area contributed by atoms with E-state index in [0.29, 0.717) is 11.3 Å². The first-order valence-electron chi connectivity index (χ1n) is 7.79. The number of ether oxygens (including phenoxy) is 1. The molecule has 1 heterocycles. The fraction of sp³-hybridized carbons (Fsp3) is 0.529. The highest BCUT2D eigenvalue weighted by atomic mass is 16.5. The van der Waals surface area contributed by atoms with E-state index in [-0.39, 0.29) is 23.8 Å². The summed E-state index contributed by atoms with van der Waals surface area (Å²) in [7, 11) is 0. The first kappa shape index (κ1) is 16.5. The van der Waals surface area contributed by atoms with Gasteiger partial charge in [0.15, 0.2) is 11.9 Å². The minimum atomic E-state index is -0.601. The Labute approximate surface area is 131 Å². The molecule has 1 fully saturated rings. The van der Waals surface area contributed by atoms with E-state index in [1.807, 2.05) is 0 Å². The summed E-state index contributed by atoms with van der Waals surface area (Å²) in [5, 5.41) is 6.39. The van der Waals surface area contributed by atoms with Crippen LogP contribution >= 0.6 is 0 Å². The normalized spacial score (nSPS) is 22.7. The summed E-state index contributed by atoms with van der Waals surface area (Å²) >= 11 is 0. The molecule has 2 rings (SSSR count). The second-order valence-corrected chi connectivity index (χ2v) is 5.84. The van der Waals surface area contributed by atoms with Crippen molar-refractivity contribution in [1.82, 2.24) is 10.6 Å². The molecule has 3 unspecified atom stereocenters. The van der Waals surface area contributed by atoms with Gasteiger partial charge in [0.25, 0.3) is 5.91 Å². The van der Waals surface area contributed by atoms with Crippen LogP contribution in [0, 0.1) is 0 Å². The first-order valence-corrected chi connectivity index (χ1v) is 7.79. The number of piperidine rings is 1. The standard InChI is InChI=1S/C17H24N2O3/c1-11-16(8-5-9-18-11)19-17(21)13(3)22-15-7-4-6-14(10-15)12(2)20/h4,6-7,10-11,13,16,18H,5,8-9H2,1-3H3,(H,19,21). The molecule has 22 heavy (non-hydrogen) atoms. The van der Waals surface area contributed by atoms with Gasteiger partial charge in [-0.3, -0.25) is 9.59 Å². The lowest BCUT2D eigenvalue weighted by Gasteiger charge is -2.31. The van der Waals surface area contributed by atoms with Crippen LogP contribution in [0.15, 0.2) is 24.3 Å². The quantitative estimate of drug-likeness (QED) is 0.816. The zero-order chi connectivity index (χ0) is 16.1. The fourth-order valence-electron chi connectivity index (χ4n) is 2.59. The topological polar surface area (TPSA) is 67.4 Å². The Morgan fingerprint density at radius 1 is 1.41 bits per heavy atom. The van der Waals surface area contributed by atoms with Crippen molar-refractivity contribution in [2.24, 2.45) is 0 Å². The Balaban J connectivity index is 1.93. The van der Waals surface area contributed by atoms with Gasteiger partial charge in [-0.25, -0.2) is 0 Å². The Bertz CT molecular complexity index is 544. The molecule has 1 aromatic rings. The van der Waals surface area contributed by atoms with Gasteiger partial charge in [0.05, 0.1) is 0 Å². The largest absolute Gasteiger partial charge is 0.481 e. The summed E-state index contributed by atoms with van der Waals surface area (Å²) in [6.07, 6.45) is 1.44. The Morgan fingerprint density at radius 3 is 2.86 bits per heavy atom. The molecule has 120 valence electrons. The van der Waals surface area contributed by atoms with E-state index in [1.165, 1.54) is 6.92 Å². The van der Waals surface area contributed by atoms with E-state index >= 15 is 0 Å². The number of amides is 1. The molecular weight excluding hydrogens is 280 g/mol. The Morgan fingerprint density at radius 2 is 2.18 bits per heavy atom. The van der Waals surface area contributed by atoms with E-state index in [0.717, 1.165) is 19.4 Å². The number of ketones is 1. The molecule has 2 N–H and O–H groups in total. The van der Waals surface area contributed by atoms with E-state index < -0.39 is 6.10 Å². The average Bonchev–Trinajstić information content (AvgIpc) is 2.49.